The van der Waals surface area contributed by atoms with Crippen LogP contribution in [0.2, 0.25) is 0 Å². The maximum atomic E-state index is 11.3. The Morgan fingerprint density at radius 3 is 2.59 bits per heavy atom. The van der Waals surface area contributed by atoms with Gasteiger partial charge in [-0.25, -0.2) is 8.42 Å². The van der Waals surface area contributed by atoms with Crippen LogP contribution in [0.4, 0.5) is 0 Å². The summed E-state index contributed by atoms with van der Waals surface area (Å²) in [5.41, 5.74) is 0.240. The van der Waals surface area contributed by atoms with Crippen LogP contribution in [-0.4, -0.2) is 24.1 Å². The van der Waals surface area contributed by atoms with Crippen molar-refractivity contribution in [2.45, 2.75) is 38.3 Å². The molecule has 1 aromatic rings. The van der Waals surface area contributed by atoms with Crippen molar-refractivity contribution in [1.29, 1.82) is 0 Å². The van der Waals surface area contributed by atoms with E-state index in [1.54, 1.807) is 0 Å². The number of carbonyl (C=O) groups excluding carboxylic acids is 1. The van der Waals surface area contributed by atoms with Gasteiger partial charge in [-0.05, 0) is 13.8 Å². The van der Waals surface area contributed by atoms with E-state index in [0.717, 1.165) is 0 Å². The lowest BCUT2D eigenvalue weighted by atomic mass is 10.4. The highest BCUT2D eigenvalue weighted by Gasteiger charge is 2.21. The molecule has 0 atom stereocenters. The van der Waals surface area contributed by atoms with E-state index in [2.05, 4.69) is 10.4 Å². The minimum Gasteiger partial charge on any atom is -0.351 e. The van der Waals surface area contributed by atoms with Gasteiger partial charge in [0.25, 0.3) is 9.05 Å². The second-order valence-corrected chi connectivity index (χ2v) is 6.40. The fraction of sp³-hybridized carbons (Fsp3) is 0.556. The van der Waals surface area contributed by atoms with Gasteiger partial charge in [0.2, 0.25) is 5.91 Å². The summed E-state index contributed by atoms with van der Waals surface area (Å²) in [7, 11) is 1.45. The molecule has 0 aliphatic rings. The van der Waals surface area contributed by atoms with Gasteiger partial charge in [0.1, 0.15) is 10.6 Å². The third-order valence-corrected chi connectivity index (χ3v) is 3.43. The molecule has 0 saturated heterocycles. The Kier molecular flexibility index (Phi) is 4.16. The minimum atomic E-state index is -3.86. The summed E-state index contributed by atoms with van der Waals surface area (Å²) in [6, 6.07) is 0.0123. The highest BCUT2D eigenvalue weighted by Crippen LogP contribution is 2.20. The average Bonchev–Trinajstić information content (AvgIpc) is 2.57. The molecule has 17 heavy (non-hydrogen) atoms. The van der Waals surface area contributed by atoms with Gasteiger partial charge in [-0.1, -0.05) is 0 Å². The van der Waals surface area contributed by atoms with Crippen molar-refractivity contribution in [3.63, 3.8) is 0 Å². The van der Waals surface area contributed by atoms with E-state index < -0.39 is 9.05 Å². The van der Waals surface area contributed by atoms with Crippen molar-refractivity contribution < 1.29 is 13.2 Å². The van der Waals surface area contributed by atoms with E-state index in [9.17, 15) is 13.2 Å². The number of hydrogen-bond donors (Lipinski definition) is 1. The molecule has 0 fully saturated rings. The Morgan fingerprint density at radius 2 is 2.18 bits per heavy atom. The molecule has 1 heterocycles. The van der Waals surface area contributed by atoms with Gasteiger partial charge in [0.15, 0.2) is 0 Å². The zero-order valence-electron chi connectivity index (χ0n) is 9.77. The topological polar surface area (TPSA) is 81.1 Å². The normalized spacial score (nSPS) is 11.8. The summed E-state index contributed by atoms with van der Waals surface area (Å²) in [5.74, 6) is -0.262. The molecule has 1 N–H and O–H groups in total. The number of carbonyl (C=O) groups is 1. The number of hydrogen-bond acceptors (Lipinski definition) is 4. The smallest absolute Gasteiger partial charge is 0.264 e. The summed E-state index contributed by atoms with van der Waals surface area (Å²) < 4.78 is 24.2. The molecule has 0 saturated carbocycles. The van der Waals surface area contributed by atoms with E-state index in [4.69, 9.17) is 10.7 Å². The molecule has 0 aromatic carbocycles. The first-order valence-corrected chi connectivity index (χ1v) is 7.30. The summed E-state index contributed by atoms with van der Waals surface area (Å²) in [5, 5.41) is 6.58. The molecule has 6 nitrogen and oxygen atoms in total. The van der Waals surface area contributed by atoms with Crippen LogP contribution in [0.5, 0.6) is 0 Å². The van der Waals surface area contributed by atoms with Crippen LogP contribution in [0.3, 0.4) is 0 Å². The van der Waals surface area contributed by atoms with E-state index >= 15 is 0 Å². The summed E-state index contributed by atoms with van der Waals surface area (Å²) in [6.07, 6.45) is 1.37. The summed E-state index contributed by atoms with van der Waals surface area (Å²) >= 11 is 0. The van der Waals surface area contributed by atoms with Crippen molar-refractivity contribution in [3.05, 3.63) is 11.9 Å². The van der Waals surface area contributed by atoms with Gasteiger partial charge in [-0.15, -0.1) is 0 Å². The predicted molar refractivity (Wildman–Crippen MR) is 63.2 cm³/mol. The molecule has 0 radical (unpaired) electrons. The largest absolute Gasteiger partial charge is 0.351 e. The maximum Gasteiger partial charge on any atom is 0.264 e. The van der Waals surface area contributed by atoms with Crippen LogP contribution in [0, 0.1) is 0 Å². The first-order chi connectivity index (χ1) is 7.71. The summed E-state index contributed by atoms with van der Waals surface area (Å²) in [4.78, 5) is 10.7. The second-order valence-electron chi connectivity index (χ2n) is 3.86. The monoisotopic (exact) mass is 279 g/mol. The molecule has 0 bridgehead atoms. The SMILES string of the molecule is CC(=O)NCc1nn(C(C)C)cc1S(=O)(=O)Cl. The lowest BCUT2D eigenvalue weighted by molar-refractivity contribution is -0.119. The fourth-order valence-electron chi connectivity index (χ4n) is 1.21. The number of halogens is 1. The molecular weight excluding hydrogens is 266 g/mol. The van der Waals surface area contributed by atoms with E-state index in [-0.39, 0.29) is 29.1 Å². The number of nitrogens with one attached hydrogen (secondary N) is 1. The lowest BCUT2D eigenvalue weighted by Crippen LogP contribution is -2.20. The van der Waals surface area contributed by atoms with Gasteiger partial charge in [0.05, 0.1) is 6.54 Å². The van der Waals surface area contributed by atoms with E-state index in [0.29, 0.717) is 0 Å². The Bertz CT molecular complexity index is 522. The van der Waals surface area contributed by atoms with Crippen LogP contribution in [-0.2, 0) is 20.4 Å². The Morgan fingerprint density at radius 1 is 1.59 bits per heavy atom. The van der Waals surface area contributed by atoms with Gasteiger partial charge < -0.3 is 5.32 Å². The molecule has 0 aliphatic heterocycles. The molecule has 0 unspecified atom stereocenters. The third kappa shape index (κ3) is 3.71. The lowest BCUT2D eigenvalue weighted by Gasteiger charge is -2.03. The summed E-state index contributed by atoms with van der Waals surface area (Å²) in [6.45, 7) is 5.10. The Hall–Kier alpha value is -1.08. The van der Waals surface area contributed by atoms with Crippen LogP contribution >= 0.6 is 10.7 Å². The van der Waals surface area contributed by atoms with Gasteiger partial charge >= 0.3 is 0 Å². The van der Waals surface area contributed by atoms with Crippen molar-refractivity contribution in [3.8, 4) is 0 Å². The number of aromatic nitrogens is 2. The molecule has 8 heteroatoms. The van der Waals surface area contributed by atoms with Gasteiger partial charge in [-0.3, -0.25) is 9.48 Å². The highest BCUT2D eigenvalue weighted by atomic mass is 35.7. The van der Waals surface area contributed by atoms with E-state index in [1.165, 1.54) is 17.8 Å². The maximum absolute atomic E-state index is 11.3. The zero-order chi connectivity index (χ0) is 13.2. The fourth-order valence-corrected chi connectivity index (χ4v) is 2.23. The Balaban J connectivity index is 3.13. The number of nitrogens with zero attached hydrogens (tertiary/aromatic N) is 2. The minimum absolute atomic E-state index is 0.0123. The second kappa shape index (κ2) is 5.05. The zero-order valence-corrected chi connectivity index (χ0v) is 11.3. The average molecular weight is 280 g/mol. The van der Waals surface area contributed by atoms with Crippen molar-refractivity contribution in [2.24, 2.45) is 0 Å². The molecule has 1 rings (SSSR count). The standard InChI is InChI=1S/C9H14ClN3O3S/c1-6(2)13-5-9(17(10,15)16)8(12-13)4-11-7(3)14/h5-6H,4H2,1-3H3,(H,11,14). The number of rotatable bonds is 4. The number of amides is 1. The first-order valence-electron chi connectivity index (χ1n) is 4.99. The quantitative estimate of drug-likeness (QED) is 0.835. The Labute approximate surface area is 104 Å². The van der Waals surface area contributed by atoms with Crippen LogP contribution in [0.1, 0.15) is 32.5 Å². The first kappa shape index (κ1) is 14.0. The molecule has 0 spiro atoms. The van der Waals surface area contributed by atoms with Gasteiger partial charge in [-0.2, -0.15) is 5.10 Å². The van der Waals surface area contributed by atoms with Gasteiger partial charge in [0, 0.05) is 29.8 Å². The van der Waals surface area contributed by atoms with Crippen LogP contribution in [0.15, 0.2) is 11.1 Å². The van der Waals surface area contributed by atoms with Crippen molar-refractivity contribution in [2.75, 3.05) is 0 Å². The molecular formula is C9H14ClN3O3S. The molecule has 1 amide bonds. The highest BCUT2D eigenvalue weighted by molar-refractivity contribution is 8.13. The third-order valence-electron chi connectivity index (χ3n) is 2.07. The molecule has 0 aliphatic carbocycles. The van der Waals surface area contributed by atoms with Crippen molar-refractivity contribution in [1.82, 2.24) is 15.1 Å². The molecule has 1 aromatic heterocycles. The molecule has 96 valence electrons. The van der Waals surface area contributed by atoms with Crippen LogP contribution in [0.25, 0.3) is 0 Å². The van der Waals surface area contributed by atoms with Crippen molar-refractivity contribution >= 4 is 25.6 Å². The predicted octanol–water partition coefficient (Wildman–Crippen LogP) is 1.03. The van der Waals surface area contributed by atoms with E-state index in [1.807, 2.05) is 13.8 Å². The van der Waals surface area contributed by atoms with Crippen LogP contribution < -0.4 is 5.32 Å².